The van der Waals surface area contributed by atoms with Crippen LogP contribution in [0.25, 0.3) is 0 Å². The first kappa shape index (κ1) is 19.1. The highest BCUT2D eigenvalue weighted by Gasteiger charge is 2.74. The van der Waals surface area contributed by atoms with Crippen molar-refractivity contribution in [2.45, 2.75) is 50.4 Å². The highest BCUT2D eigenvalue weighted by atomic mass is 32.2. The van der Waals surface area contributed by atoms with Crippen molar-refractivity contribution in [3.8, 4) is 0 Å². The number of ether oxygens (including phenoxy) is 1. The van der Waals surface area contributed by atoms with Crippen LogP contribution in [0.3, 0.4) is 0 Å². The largest absolute Gasteiger partial charge is 0.451 e. The van der Waals surface area contributed by atoms with E-state index in [1.165, 1.54) is 0 Å². The Kier molecular flexibility index (Phi) is 3.90. The maximum Gasteiger partial charge on any atom is 0.451 e. The first-order valence-corrected chi connectivity index (χ1v) is 8.43. The van der Waals surface area contributed by atoms with Gasteiger partial charge in [-0.3, -0.25) is 9.35 Å². The summed E-state index contributed by atoms with van der Waals surface area (Å²) in [5, 5.41) is -5.65. The first-order chi connectivity index (χ1) is 10.5. The van der Waals surface area contributed by atoms with Crippen LogP contribution in [0.5, 0.6) is 0 Å². The quantitative estimate of drug-likeness (QED) is 0.460. The molecule has 0 aromatic rings. The molecule has 0 radical (unpaired) electrons. The van der Waals surface area contributed by atoms with Crippen LogP contribution in [0.2, 0.25) is 0 Å². The molecule has 138 valence electrons. The van der Waals surface area contributed by atoms with Gasteiger partial charge in [0, 0.05) is 5.92 Å². The van der Waals surface area contributed by atoms with Gasteiger partial charge in [0.05, 0.1) is 0 Å². The topological polar surface area (TPSA) is 97.7 Å². The van der Waals surface area contributed by atoms with E-state index in [0.717, 1.165) is 6.92 Å². The molecule has 3 aliphatic rings. The number of carbonyl (C=O) groups excluding carboxylic acids is 2. The van der Waals surface area contributed by atoms with Gasteiger partial charge < -0.3 is 4.74 Å². The van der Waals surface area contributed by atoms with Crippen LogP contribution >= 0.6 is 0 Å². The molecular formula is C13H16F4O6S. The summed E-state index contributed by atoms with van der Waals surface area (Å²) >= 11 is 0. The van der Waals surface area contributed by atoms with Gasteiger partial charge in [0.25, 0.3) is 0 Å². The monoisotopic (exact) mass is 376 g/mol. The van der Waals surface area contributed by atoms with E-state index in [0.29, 0.717) is 6.42 Å². The second-order valence-corrected chi connectivity index (χ2v) is 8.58. The van der Waals surface area contributed by atoms with Crippen LogP contribution in [0, 0.1) is 17.3 Å². The van der Waals surface area contributed by atoms with Gasteiger partial charge in [-0.15, -0.1) is 0 Å². The number of hydrogen-bond acceptors (Lipinski definition) is 5. The van der Waals surface area contributed by atoms with Crippen LogP contribution in [0.1, 0.15) is 33.6 Å². The SMILES string of the molecule is CC1(OC(=O)C(F)(C(F)(F)F)S(=O)(=O)O)CC2CC(C1=O)C2(C)C. The van der Waals surface area contributed by atoms with Crippen molar-refractivity contribution in [2.75, 3.05) is 0 Å². The molecule has 3 aliphatic carbocycles. The normalized spacial score (nSPS) is 34.9. The van der Waals surface area contributed by atoms with Crippen molar-refractivity contribution >= 4 is 21.9 Å². The Morgan fingerprint density at radius 3 is 2.08 bits per heavy atom. The van der Waals surface area contributed by atoms with Crippen molar-refractivity contribution in [2.24, 2.45) is 17.3 Å². The van der Waals surface area contributed by atoms with Crippen molar-refractivity contribution in [1.29, 1.82) is 0 Å². The molecule has 11 heteroatoms. The highest BCUT2D eigenvalue weighted by Crippen LogP contribution is 2.60. The number of fused-ring (bicyclic) bond motifs is 2. The Balaban J connectivity index is 2.34. The number of alkyl halides is 4. The lowest BCUT2D eigenvalue weighted by atomic mass is 9.45. The molecule has 0 heterocycles. The number of esters is 1. The fraction of sp³-hybridized carbons (Fsp3) is 0.846. The van der Waals surface area contributed by atoms with Gasteiger partial charge in [0.1, 0.15) is 0 Å². The minimum Gasteiger partial charge on any atom is -0.448 e. The van der Waals surface area contributed by atoms with Gasteiger partial charge >= 0.3 is 27.3 Å². The standard InChI is InChI=1S/C13H16F4O6S/c1-10(2)6-4-7(10)8(18)11(3,5-6)23-9(19)12(14,13(15,16)17)24(20,21)22/h6-7H,4-5H2,1-3H3,(H,20,21,22). The van der Waals surface area contributed by atoms with E-state index in [2.05, 4.69) is 4.74 Å². The summed E-state index contributed by atoms with van der Waals surface area (Å²) in [4.78, 5) is 24.0. The molecule has 0 aromatic carbocycles. The lowest BCUT2D eigenvalue weighted by Crippen LogP contribution is -2.65. The Hall–Kier alpha value is -1.23. The maximum absolute atomic E-state index is 14.0. The van der Waals surface area contributed by atoms with Crippen LogP contribution in [0.4, 0.5) is 17.6 Å². The fourth-order valence-corrected chi connectivity index (χ4v) is 4.02. The molecule has 2 bridgehead atoms. The summed E-state index contributed by atoms with van der Waals surface area (Å²) in [7, 11) is -6.52. The Labute approximate surface area is 135 Å². The molecule has 6 nitrogen and oxygen atoms in total. The van der Waals surface area contributed by atoms with E-state index < -0.39 is 50.0 Å². The zero-order valence-corrected chi connectivity index (χ0v) is 13.8. The lowest BCUT2D eigenvalue weighted by Gasteiger charge is -2.59. The van der Waals surface area contributed by atoms with Gasteiger partial charge in [0.15, 0.2) is 11.4 Å². The Morgan fingerprint density at radius 1 is 1.25 bits per heavy atom. The Morgan fingerprint density at radius 2 is 1.75 bits per heavy atom. The third-order valence-electron chi connectivity index (χ3n) is 5.24. The number of rotatable bonds is 3. The minimum absolute atomic E-state index is 0.149. The first-order valence-electron chi connectivity index (χ1n) is 6.99. The molecule has 0 aromatic heterocycles. The van der Waals surface area contributed by atoms with Crippen molar-refractivity contribution in [3.63, 3.8) is 0 Å². The van der Waals surface area contributed by atoms with Crippen LogP contribution < -0.4 is 0 Å². The molecule has 4 unspecified atom stereocenters. The molecule has 0 amide bonds. The van der Waals surface area contributed by atoms with E-state index in [-0.39, 0.29) is 12.3 Å². The van der Waals surface area contributed by atoms with Gasteiger partial charge in [-0.2, -0.15) is 21.6 Å². The summed E-state index contributed by atoms with van der Waals surface area (Å²) in [6.45, 7) is 4.57. The van der Waals surface area contributed by atoms with Crippen LogP contribution in [-0.2, 0) is 24.4 Å². The Bertz CT molecular complexity index is 700. The minimum atomic E-state index is -6.52. The van der Waals surface area contributed by atoms with E-state index in [9.17, 15) is 35.6 Å². The van der Waals surface area contributed by atoms with Crippen molar-refractivity contribution < 1.29 is 44.9 Å². The van der Waals surface area contributed by atoms with E-state index >= 15 is 0 Å². The number of halogens is 4. The third kappa shape index (κ3) is 2.35. The van der Waals surface area contributed by atoms with Crippen molar-refractivity contribution in [3.05, 3.63) is 0 Å². The fourth-order valence-electron chi connectivity index (χ4n) is 3.48. The third-order valence-corrected chi connectivity index (χ3v) is 6.35. The molecule has 0 saturated heterocycles. The summed E-state index contributed by atoms with van der Waals surface area (Å²) in [5.41, 5.74) is -2.50. The molecule has 3 rings (SSSR count). The average molecular weight is 376 g/mol. The number of carbonyl (C=O) groups is 2. The number of Topliss-reactive ketones (excluding diaryl/α,β-unsaturated/α-hetero) is 1. The average Bonchev–Trinajstić information content (AvgIpc) is 2.37. The summed E-state index contributed by atoms with van der Waals surface area (Å²) in [6, 6.07) is 0. The van der Waals surface area contributed by atoms with E-state index in [1.807, 2.05) is 0 Å². The summed E-state index contributed by atoms with van der Waals surface area (Å²) < 4.78 is 86.7. The molecule has 0 spiro atoms. The molecular weight excluding hydrogens is 360 g/mol. The highest BCUT2D eigenvalue weighted by molar-refractivity contribution is 7.88. The van der Waals surface area contributed by atoms with Gasteiger partial charge in [0.2, 0.25) is 0 Å². The zero-order chi connectivity index (χ0) is 18.9. The van der Waals surface area contributed by atoms with Crippen LogP contribution in [-0.4, -0.2) is 41.5 Å². The molecule has 1 N–H and O–H groups in total. The van der Waals surface area contributed by atoms with Gasteiger partial charge in [-0.05, 0) is 31.1 Å². The smallest absolute Gasteiger partial charge is 0.448 e. The predicted molar refractivity (Wildman–Crippen MR) is 70.9 cm³/mol. The predicted octanol–water partition coefficient (Wildman–Crippen LogP) is 2.04. The molecule has 3 saturated carbocycles. The molecule has 3 fully saturated rings. The molecule has 0 aliphatic heterocycles. The second kappa shape index (κ2) is 4.90. The maximum atomic E-state index is 14.0. The zero-order valence-electron chi connectivity index (χ0n) is 13.0. The van der Waals surface area contributed by atoms with Crippen LogP contribution in [0.15, 0.2) is 0 Å². The van der Waals surface area contributed by atoms with E-state index in [1.54, 1.807) is 13.8 Å². The lowest BCUT2D eigenvalue weighted by molar-refractivity contribution is -0.231. The number of hydrogen-bond donors (Lipinski definition) is 1. The van der Waals surface area contributed by atoms with Crippen molar-refractivity contribution in [1.82, 2.24) is 0 Å². The second-order valence-electron chi connectivity index (χ2n) is 7.06. The molecule has 24 heavy (non-hydrogen) atoms. The summed E-state index contributed by atoms with van der Waals surface area (Å²) in [6.07, 6.45) is -5.95. The number of ketones is 1. The van der Waals surface area contributed by atoms with E-state index in [4.69, 9.17) is 4.55 Å². The summed E-state index contributed by atoms with van der Waals surface area (Å²) in [5.74, 6) is -4.29. The van der Waals surface area contributed by atoms with Gasteiger partial charge in [-0.1, -0.05) is 13.8 Å². The molecule has 4 atom stereocenters. The van der Waals surface area contributed by atoms with Gasteiger partial charge in [-0.25, -0.2) is 9.18 Å².